The lowest BCUT2D eigenvalue weighted by Gasteiger charge is -2.24. The van der Waals surface area contributed by atoms with Gasteiger partial charge in [0.15, 0.2) is 0 Å². The normalized spacial score (nSPS) is 15.9. The Morgan fingerprint density at radius 2 is 0.775 bits per heavy atom. The van der Waals surface area contributed by atoms with E-state index in [2.05, 4.69) is 15.4 Å². The maximum atomic E-state index is 12.9. The molecule has 23 heteroatoms. The molecule has 5 aromatic rings. The summed E-state index contributed by atoms with van der Waals surface area (Å²) in [4.78, 5) is 61.1. The number of carboxylic acids is 1. The molecule has 89 heavy (non-hydrogen) atoms. The molecular weight excluding hydrogens is 1200 g/mol. The number of aryl methyl sites for hydroxylation is 4. The SMILES string of the molecule is C.COC(=O)[C@@H](N)Cc1ccc(C2=CCN(S(C)(=O)=O)CC2)cc1.COC(=O)[C@H](Cc1ccc(C2=CCN(S(C)(=O)=O)CC2)cc1)NC(=O)c1c(C)cccc1C.Cc1cccc(C)c1C(=O)N[C@@H](Cc1ccc(C2=CCN(S(C)(=O)=O)CC2)cc1)C(=O)O. The Labute approximate surface area is 525 Å². The number of aliphatic carboxylic acids is 1. The van der Waals surface area contributed by atoms with Crippen LogP contribution in [0.15, 0.2) is 127 Å². The quantitative estimate of drug-likeness (QED) is 0.0602. The Morgan fingerprint density at radius 3 is 1.04 bits per heavy atom. The van der Waals surface area contributed by atoms with Crippen LogP contribution in [0, 0.1) is 27.7 Å². The minimum Gasteiger partial charge on any atom is -0.480 e. The van der Waals surface area contributed by atoms with Gasteiger partial charge in [-0.15, -0.1) is 0 Å². The van der Waals surface area contributed by atoms with Crippen LogP contribution in [0.2, 0.25) is 0 Å². The van der Waals surface area contributed by atoms with Crippen LogP contribution >= 0.6 is 0 Å². The molecule has 3 aliphatic heterocycles. The van der Waals surface area contributed by atoms with Crippen molar-refractivity contribution < 1.29 is 63.8 Å². The van der Waals surface area contributed by atoms with Crippen LogP contribution in [-0.4, -0.2) is 163 Å². The predicted octanol–water partition coefficient (Wildman–Crippen LogP) is 7.06. The number of benzene rings is 5. The van der Waals surface area contributed by atoms with E-state index in [4.69, 9.17) is 10.5 Å². The van der Waals surface area contributed by atoms with Crippen LogP contribution in [0.1, 0.15) is 103 Å². The van der Waals surface area contributed by atoms with Crippen molar-refractivity contribution in [3.05, 3.63) is 194 Å². The second-order valence-electron chi connectivity index (χ2n) is 22.1. The third-order valence-corrected chi connectivity index (χ3v) is 19.4. The van der Waals surface area contributed by atoms with E-state index in [1.165, 1.54) is 45.9 Å². The average molecular weight is 1280 g/mol. The average Bonchev–Trinajstić information content (AvgIpc) is 1.98. The van der Waals surface area contributed by atoms with Crippen LogP contribution in [0.5, 0.6) is 0 Å². The number of sulfonamides is 3. The number of carboxylic acid groups (broad SMARTS) is 1. The molecule has 480 valence electrons. The molecule has 0 unspecified atom stereocenters. The lowest BCUT2D eigenvalue weighted by Crippen LogP contribution is -2.43. The fourth-order valence-corrected chi connectivity index (χ4v) is 12.8. The maximum absolute atomic E-state index is 12.9. The molecule has 0 aliphatic carbocycles. The summed E-state index contributed by atoms with van der Waals surface area (Å²) in [5, 5.41) is 15.1. The van der Waals surface area contributed by atoms with Crippen LogP contribution in [0.4, 0.5) is 0 Å². The zero-order valence-corrected chi connectivity index (χ0v) is 53.7. The molecule has 5 N–H and O–H groups in total. The second kappa shape index (κ2) is 32.2. The Balaban J connectivity index is 0.000000246. The molecule has 3 atom stereocenters. The van der Waals surface area contributed by atoms with E-state index in [9.17, 15) is 54.3 Å². The fraction of sp³-hybridized carbons (Fsp3) is 0.379. The number of ether oxygens (including phenoxy) is 2. The lowest BCUT2D eigenvalue weighted by atomic mass is 9.97. The van der Waals surface area contributed by atoms with E-state index >= 15 is 0 Å². The lowest BCUT2D eigenvalue weighted by molar-refractivity contribution is -0.143. The van der Waals surface area contributed by atoms with Gasteiger partial charge in [0, 0.05) is 63.2 Å². The highest BCUT2D eigenvalue weighted by Crippen LogP contribution is 2.28. The number of hydrogen-bond donors (Lipinski definition) is 4. The summed E-state index contributed by atoms with van der Waals surface area (Å²) in [6, 6.07) is 31.7. The summed E-state index contributed by atoms with van der Waals surface area (Å²) in [6.45, 7) is 9.90. The topological polar surface area (TPSA) is 286 Å². The van der Waals surface area contributed by atoms with Crippen molar-refractivity contribution in [2.24, 2.45) is 5.73 Å². The first-order valence-electron chi connectivity index (χ1n) is 28.6. The van der Waals surface area contributed by atoms with Crippen molar-refractivity contribution >= 4 is 76.5 Å². The highest BCUT2D eigenvalue weighted by atomic mass is 32.2. The maximum Gasteiger partial charge on any atom is 0.328 e. The highest BCUT2D eigenvalue weighted by Gasteiger charge is 2.28. The number of hydrogen-bond acceptors (Lipinski definition) is 14. The largest absolute Gasteiger partial charge is 0.480 e. The van der Waals surface area contributed by atoms with Gasteiger partial charge in [-0.3, -0.25) is 14.4 Å². The third kappa shape index (κ3) is 20.7. The van der Waals surface area contributed by atoms with Gasteiger partial charge in [-0.25, -0.2) is 34.8 Å². The summed E-state index contributed by atoms with van der Waals surface area (Å²) in [5.41, 5.74) is 19.1. The molecule has 0 bridgehead atoms. The number of nitrogens with zero attached hydrogens (tertiary/aromatic N) is 3. The molecule has 0 saturated heterocycles. The summed E-state index contributed by atoms with van der Waals surface area (Å²) < 4.78 is 83.6. The van der Waals surface area contributed by atoms with Crippen molar-refractivity contribution in [3.8, 4) is 0 Å². The summed E-state index contributed by atoms with van der Waals surface area (Å²) in [6.07, 6.45) is 12.3. The van der Waals surface area contributed by atoms with Gasteiger partial charge in [0.05, 0.1) is 33.0 Å². The van der Waals surface area contributed by atoms with Gasteiger partial charge in [0.25, 0.3) is 11.8 Å². The van der Waals surface area contributed by atoms with E-state index < -0.39 is 72.0 Å². The Bertz CT molecular complexity index is 3750. The molecule has 0 fully saturated rings. The molecule has 3 heterocycles. The van der Waals surface area contributed by atoms with Gasteiger partial charge >= 0.3 is 17.9 Å². The summed E-state index contributed by atoms with van der Waals surface area (Å²) in [7, 11) is -6.89. The van der Waals surface area contributed by atoms with E-state index in [0.717, 1.165) is 72.4 Å². The molecule has 5 aromatic carbocycles. The number of nitrogens with one attached hydrogen (secondary N) is 2. The molecule has 0 aromatic heterocycles. The monoisotopic (exact) mass is 1280 g/mol. The number of rotatable bonds is 19. The molecule has 0 radical (unpaired) electrons. The van der Waals surface area contributed by atoms with Crippen molar-refractivity contribution in [3.63, 3.8) is 0 Å². The standard InChI is InChI=1S/C25H30N2O5S.C24H28N2O5S.C16H22N2O4S.CH4/c1-17-6-5-7-18(2)23(17)24(28)26-22(25(29)32-3)16-19-8-10-20(11-9-19)21-12-14-27(15-13-21)33(4,30)31;1-16-5-4-6-17(2)22(16)23(27)25-21(24(28)29)15-18-7-9-19(10-8-18)20-11-13-26(14-12-20)32(3,30)31;1-22-16(19)15(17)11-12-3-5-13(6-4-12)14-7-9-18(10-8-14)23(2,20)21;/h5-12,22H,13-16H2,1-4H3,(H,26,28);4-11,21H,12-15H2,1-3H3,(H,25,27)(H,28,29);3-7,15H,8-11,17H2,1-2H3;1H4/t22-;21-;15-;/m000./s1. The van der Waals surface area contributed by atoms with E-state index in [1.54, 1.807) is 0 Å². The van der Waals surface area contributed by atoms with Crippen LogP contribution in [0.3, 0.4) is 0 Å². The zero-order valence-electron chi connectivity index (χ0n) is 51.2. The van der Waals surface area contributed by atoms with Gasteiger partial charge < -0.3 is 30.9 Å². The number of carbonyl (C=O) groups is 5. The second-order valence-corrected chi connectivity index (χ2v) is 28.0. The number of amides is 2. The van der Waals surface area contributed by atoms with Crippen molar-refractivity contribution in [1.29, 1.82) is 0 Å². The number of carbonyl (C=O) groups excluding carboxylic acids is 4. The first kappa shape index (κ1) is 72.1. The smallest absolute Gasteiger partial charge is 0.328 e. The van der Waals surface area contributed by atoms with E-state index in [1.807, 2.05) is 155 Å². The summed E-state index contributed by atoms with van der Waals surface area (Å²) >= 11 is 0. The van der Waals surface area contributed by atoms with Crippen LogP contribution in [-0.2, 0) is 73.2 Å². The van der Waals surface area contributed by atoms with Gasteiger partial charge in [-0.05, 0) is 126 Å². The highest BCUT2D eigenvalue weighted by molar-refractivity contribution is 7.88. The minimum absolute atomic E-state index is 0. The van der Waals surface area contributed by atoms with Crippen LogP contribution < -0.4 is 16.4 Å². The van der Waals surface area contributed by atoms with Crippen LogP contribution in [0.25, 0.3) is 16.7 Å². The molecule has 8 rings (SSSR count). The molecule has 3 aliphatic rings. The number of nitrogens with two attached hydrogens (primary N) is 1. The third-order valence-electron chi connectivity index (χ3n) is 15.5. The van der Waals surface area contributed by atoms with Gasteiger partial charge in [0.1, 0.15) is 18.1 Å². The van der Waals surface area contributed by atoms with Crippen molar-refractivity contribution in [2.75, 3.05) is 72.3 Å². The predicted molar refractivity (Wildman–Crippen MR) is 348 cm³/mol. The molecule has 0 saturated carbocycles. The molecular formula is C66H84N6O14S3. The molecule has 0 spiro atoms. The number of esters is 2. The first-order valence-corrected chi connectivity index (χ1v) is 34.1. The summed E-state index contributed by atoms with van der Waals surface area (Å²) in [5.74, 6) is -2.73. The first-order chi connectivity index (χ1) is 41.5. The van der Waals surface area contributed by atoms with E-state index in [-0.39, 0.29) is 19.8 Å². The fourth-order valence-electron chi connectivity index (χ4n) is 10.5. The minimum atomic E-state index is -3.20. The Hall–Kier alpha value is -7.64. The van der Waals surface area contributed by atoms with Gasteiger partial charge in [-0.2, -0.15) is 12.9 Å². The van der Waals surface area contributed by atoms with Crippen molar-refractivity contribution in [1.82, 2.24) is 23.5 Å². The van der Waals surface area contributed by atoms with Gasteiger partial charge in [0.2, 0.25) is 30.1 Å². The van der Waals surface area contributed by atoms with Gasteiger partial charge in [-0.1, -0.05) is 135 Å². The molecule has 2 amide bonds. The Morgan fingerprint density at radius 1 is 0.483 bits per heavy atom. The molecule has 20 nitrogen and oxygen atoms in total. The number of methoxy groups -OCH3 is 2. The van der Waals surface area contributed by atoms with E-state index in [0.29, 0.717) is 82.5 Å². The van der Waals surface area contributed by atoms with Crippen molar-refractivity contribution in [2.45, 2.75) is 91.8 Å². The Kier molecular flexibility index (Phi) is 26.1. The zero-order chi connectivity index (χ0) is 64.7.